The third kappa shape index (κ3) is 5.72. The minimum atomic E-state index is -0.616. The van der Waals surface area contributed by atoms with Crippen LogP contribution >= 0.6 is 11.8 Å². The Morgan fingerprint density at radius 2 is 1.81 bits per heavy atom. The molecule has 9 nitrogen and oxygen atoms in total. The summed E-state index contributed by atoms with van der Waals surface area (Å²) in [6.07, 6.45) is 0. The van der Waals surface area contributed by atoms with Gasteiger partial charge in [0.05, 0.1) is 18.6 Å². The number of halogens is 1. The van der Waals surface area contributed by atoms with E-state index < -0.39 is 17.8 Å². The lowest BCUT2D eigenvalue weighted by atomic mass is 10.3. The SMILES string of the molecule is CNC(=O)NC(=O)CSc1nnc(COc2ccc(OC)cc2)n1-c1ccccc1F. The van der Waals surface area contributed by atoms with E-state index >= 15 is 0 Å². The molecular formula is C20H20FN5O4S. The second kappa shape index (κ2) is 10.4. The van der Waals surface area contributed by atoms with Crippen molar-refractivity contribution in [3.05, 3.63) is 60.2 Å². The number of hydrogen-bond donors (Lipinski definition) is 2. The van der Waals surface area contributed by atoms with Gasteiger partial charge in [0.2, 0.25) is 5.91 Å². The van der Waals surface area contributed by atoms with Crippen LogP contribution in [0.5, 0.6) is 11.5 Å². The van der Waals surface area contributed by atoms with Crippen molar-refractivity contribution >= 4 is 23.7 Å². The van der Waals surface area contributed by atoms with Gasteiger partial charge in [0.15, 0.2) is 11.0 Å². The van der Waals surface area contributed by atoms with E-state index in [0.29, 0.717) is 17.3 Å². The Kier molecular flexibility index (Phi) is 7.44. The number of amides is 3. The molecule has 0 atom stereocenters. The number of ether oxygens (including phenoxy) is 2. The molecule has 0 fully saturated rings. The normalized spacial score (nSPS) is 10.4. The number of hydrogen-bond acceptors (Lipinski definition) is 7. The summed E-state index contributed by atoms with van der Waals surface area (Å²) in [5, 5.41) is 12.9. The minimum absolute atomic E-state index is 0.0126. The van der Waals surface area contributed by atoms with Gasteiger partial charge in [0.1, 0.15) is 23.9 Å². The van der Waals surface area contributed by atoms with E-state index in [4.69, 9.17) is 9.47 Å². The van der Waals surface area contributed by atoms with Crippen LogP contribution in [0.1, 0.15) is 5.82 Å². The van der Waals surface area contributed by atoms with Crippen LogP contribution in [0.4, 0.5) is 9.18 Å². The number of carbonyl (C=O) groups is 2. The summed E-state index contributed by atoms with van der Waals surface area (Å²) < 4.78 is 26.9. The average Bonchev–Trinajstić information content (AvgIpc) is 3.19. The van der Waals surface area contributed by atoms with Crippen molar-refractivity contribution in [1.29, 1.82) is 0 Å². The van der Waals surface area contributed by atoms with E-state index in [0.717, 1.165) is 11.8 Å². The van der Waals surface area contributed by atoms with Crippen LogP contribution < -0.4 is 20.1 Å². The number of rotatable bonds is 8. The van der Waals surface area contributed by atoms with Gasteiger partial charge >= 0.3 is 6.03 Å². The van der Waals surface area contributed by atoms with E-state index in [9.17, 15) is 14.0 Å². The molecule has 0 bridgehead atoms. The monoisotopic (exact) mass is 445 g/mol. The molecule has 0 saturated carbocycles. The number of aromatic nitrogens is 3. The van der Waals surface area contributed by atoms with E-state index in [1.54, 1.807) is 49.6 Å². The van der Waals surface area contributed by atoms with Gasteiger partial charge in [-0.15, -0.1) is 10.2 Å². The van der Waals surface area contributed by atoms with Gasteiger partial charge in [-0.25, -0.2) is 9.18 Å². The lowest BCUT2D eigenvalue weighted by Gasteiger charge is -2.12. The van der Waals surface area contributed by atoms with Crippen LogP contribution in [-0.2, 0) is 11.4 Å². The fraction of sp³-hybridized carbons (Fsp3) is 0.200. The fourth-order valence-electron chi connectivity index (χ4n) is 2.54. The van der Waals surface area contributed by atoms with Crippen LogP contribution in [0.3, 0.4) is 0 Å². The summed E-state index contributed by atoms with van der Waals surface area (Å²) in [6.45, 7) is 0.0126. The van der Waals surface area contributed by atoms with Crippen molar-refractivity contribution < 1.29 is 23.5 Å². The molecule has 162 valence electrons. The number of nitrogens with zero attached hydrogens (tertiary/aromatic N) is 3. The fourth-order valence-corrected chi connectivity index (χ4v) is 3.30. The predicted octanol–water partition coefficient (Wildman–Crippen LogP) is 2.54. The number of nitrogens with one attached hydrogen (secondary N) is 2. The van der Waals surface area contributed by atoms with Gasteiger partial charge < -0.3 is 14.8 Å². The Morgan fingerprint density at radius 1 is 1.10 bits per heavy atom. The molecule has 1 heterocycles. The van der Waals surface area contributed by atoms with E-state index in [1.807, 2.05) is 0 Å². The number of benzene rings is 2. The van der Waals surface area contributed by atoms with Gasteiger partial charge in [-0.05, 0) is 36.4 Å². The molecule has 31 heavy (non-hydrogen) atoms. The molecule has 3 aromatic rings. The highest BCUT2D eigenvalue weighted by Crippen LogP contribution is 2.25. The van der Waals surface area contributed by atoms with Gasteiger partial charge in [-0.3, -0.25) is 14.7 Å². The number of carbonyl (C=O) groups excluding carboxylic acids is 2. The van der Waals surface area contributed by atoms with Crippen molar-refractivity contribution in [2.24, 2.45) is 0 Å². The lowest BCUT2D eigenvalue weighted by molar-refractivity contribution is -0.117. The highest BCUT2D eigenvalue weighted by molar-refractivity contribution is 7.99. The molecular weight excluding hydrogens is 425 g/mol. The zero-order valence-electron chi connectivity index (χ0n) is 16.8. The summed E-state index contributed by atoms with van der Waals surface area (Å²) in [5.41, 5.74) is 0.218. The molecule has 0 radical (unpaired) electrons. The minimum Gasteiger partial charge on any atom is -0.497 e. The van der Waals surface area contributed by atoms with Crippen molar-refractivity contribution in [1.82, 2.24) is 25.4 Å². The zero-order valence-corrected chi connectivity index (χ0v) is 17.6. The molecule has 0 spiro atoms. The predicted molar refractivity (Wildman–Crippen MR) is 112 cm³/mol. The number of para-hydroxylation sites is 1. The summed E-state index contributed by atoms with van der Waals surface area (Å²) in [4.78, 5) is 23.2. The smallest absolute Gasteiger partial charge is 0.321 e. The summed E-state index contributed by atoms with van der Waals surface area (Å²) in [6, 6.07) is 12.5. The third-order valence-corrected chi connectivity index (χ3v) is 4.96. The van der Waals surface area contributed by atoms with Crippen molar-refractivity contribution in [3.63, 3.8) is 0 Å². The highest BCUT2D eigenvalue weighted by atomic mass is 32.2. The standard InChI is InChI=1S/C20H20FN5O4S/c1-22-19(28)23-18(27)12-31-20-25-24-17(26(20)16-6-4-3-5-15(16)21)11-30-14-9-7-13(29-2)8-10-14/h3-10H,11-12H2,1-2H3,(H2,22,23,27,28). The largest absolute Gasteiger partial charge is 0.497 e. The van der Waals surface area contributed by atoms with Crippen LogP contribution in [0, 0.1) is 5.82 Å². The maximum absolute atomic E-state index is 14.5. The van der Waals surface area contributed by atoms with Crippen molar-refractivity contribution in [3.8, 4) is 17.2 Å². The summed E-state index contributed by atoms with van der Waals surface area (Å²) in [7, 11) is 2.97. The first-order chi connectivity index (χ1) is 15.0. The quantitative estimate of drug-likeness (QED) is 0.513. The molecule has 0 aliphatic heterocycles. The molecule has 2 aromatic carbocycles. The first-order valence-corrected chi connectivity index (χ1v) is 10.1. The first kappa shape index (κ1) is 22.1. The molecule has 0 aliphatic carbocycles. The van der Waals surface area contributed by atoms with Gasteiger partial charge in [-0.1, -0.05) is 23.9 Å². The van der Waals surface area contributed by atoms with Crippen LogP contribution in [-0.4, -0.2) is 46.6 Å². The topological polar surface area (TPSA) is 107 Å². The molecule has 0 saturated heterocycles. The Balaban J connectivity index is 1.81. The highest BCUT2D eigenvalue weighted by Gasteiger charge is 2.19. The molecule has 11 heteroatoms. The number of urea groups is 1. The number of methoxy groups -OCH3 is 1. The maximum Gasteiger partial charge on any atom is 0.321 e. The van der Waals surface area contributed by atoms with Crippen molar-refractivity contribution in [2.75, 3.05) is 19.9 Å². The van der Waals surface area contributed by atoms with E-state index in [1.165, 1.54) is 17.7 Å². The van der Waals surface area contributed by atoms with Crippen LogP contribution in [0.25, 0.3) is 5.69 Å². The van der Waals surface area contributed by atoms with Crippen LogP contribution in [0.15, 0.2) is 53.7 Å². The molecule has 1 aromatic heterocycles. The second-order valence-electron chi connectivity index (χ2n) is 6.07. The van der Waals surface area contributed by atoms with Gasteiger partial charge in [0.25, 0.3) is 0 Å². The molecule has 0 aliphatic rings. The number of imide groups is 1. The van der Waals surface area contributed by atoms with Crippen molar-refractivity contribution in [2.45, 2.75) is 11.8 Å². The maximum atomic E-state index is 14.5. The first-order valence-electron chi connectivity index (χ1n) is 9.12. The lowest BCUT2D eigenvalue weighted by Crippen LogP contribution is -2.38. The summed E-state index contributed by atoms with van der Waals surface area (Å²) >= 11 is 1.02. The Morgan fingerprint density at radius 3 is 2.48 bits per heavy atom. The Bertz CT molecular complexity index is 1060. The molecule has 0 unspecified atom stereocenters. The molecule has 3 amide bonds. The van der Waals surface area contributed by atoms with Gasteiger partial charge in [0, 0.05) is 7.05 Å². The zero-order chi connectivity index (χ0) is 22.2. The Labute approximate surface area is 182 Å². The number of thioether (sulfide) groups is 1. The summed E-state index contributed by atoms with van der Waals surface area (Å²) in [5.74, 6) is 0.487. The third-order valence-electron chi connectivity index (χ3n) is 4.03. The van der Waals surface area contributed by atoms with E-state index in [2.05, 4.69) is 20.8 Å². The molecule has 2 N–H and O–H groups in total. The van der Waals surface area contributed by atoms with Gasteiger partial charge in [-0.2, -0.15) is 0 Å². The van der Waals surface area contributed by atoms with Crippen LogP contribution in [0.2, 0.25) is 0 Å². The second-order valence-corrected chi connectivity index (χ2v) is 7.01. The molecule has 3 rings (SSSR count). The van der Waals surface area contributed by atoms with E-state index in [-0.39, 0.29) is 23.2 Å². The average molecular weight is 445 g/mol. The Hall–Kier alpha value is -3.60.